The third-order valence-corrected chi connectivity index (χ3v) is 9.08. The average molecular weight is 547 g/mol. The highest BCUT2D eigenvalue weighted by Crippen LogP contribution is 2.50. The third kappa shape index (κ3) is 7.56. The van der Waals surface area contributed by atoms with Gasteiger partial charge >= 0.3 is 5.97 Å². The molecule has 0 fully saturated rings. The lowest BCUT2D eigenvalue weighted by molar-refractivity contribution is -0.131. The summed E-state index contributed by atoms with van der Waals surface area (Å²) in [5.41, 5.74) is 3.70. The molecule has 0 saturated heterocycles. The highest BCUT2D eigenvalue weighted by molar-refractivity contribution is 8.00. The number of anilines is 3. The average Bonchev–Trinajstić information content (AvgIpc) is 3.03. The molecule has 0 bridgehead atoms. The highest BCUT2D eigenvalue weighted by Gasteiger charge is 2.36. The number of hydrogen-bond acceptors (Lipinski definition) is 7. The van der Waals surface area contributed by atoms with Gasteiger partial charge in [0.2, 0.25) is 0 Å². The van der Waals surface area contributed by atoms with Gasteiger partial charge in [-0.2, -0.15) is 0 Å². The number of nitrogens with zero attached hydrogens (tertiary/aromatic N) is 1. The number of benzene rings is 2. The molecular weight excluding hydrogens is 509 g/mol. The van der Waals surface area contributed by atoms with Gasteiger partial charge < -0.3 is 19.5 Å². The van der Waals surface area contributed by atoms with E-state index < -0.39 is 5.97 Å². The van der Waals surface area contributed by atoms with Gasteiger partial charge in [-0.3, -0.25) is 0 Å². The van der Waals surface area contributed by atoms with Crippen molar-refractivity contribution < 1.29 is 14.6 Å². The lowest BCUT2D eigenvalue weighted by Crippen LogP contribution is -2.36. The SMILES string of the molecule is CCCCC1(CCCC)CSc2cc(O/C=C/C(=O)O)c(SC)cc2N(c2ccc(NSC)cc2)C1. The van der Waals surface area contributed by atoms with Crippen LogP contribution < -0.4 is 14.4 Å². The second kappa shape index (κ2) is 14.1. The summed E-state index contributed by atoms with van der Waals surface area (Å²) in [5.74, 6) is 0.735. The molecule has 36 heavy (non-hydrogen) atoms. The Morgan fingerprint density at radius 3 is 2.44 bits per heavy atom. The fourth-order valence-corrected chi connectivity index (χ4v) is 6.82. The lowest BCUT2D eigenvalue weighted by Gasteiger charge is -2.38. The molecule has 196 valence electrons. The molecule has 0 unspecified atom stereocenters. The van der Waals surface area contributed by atoms with Crippen molar-refractivity contribution in [1.82, 2.24) is 0 Å². The van der Waals surface area contributed by atoms with Crippen LogP contribution in [0.25, 0.3) is 0 Å². The molecule has 0 aliphatic carbocycles. The first-order valence-corrected chi connectivity index (χ1v) is 16.0. The topological polar surface area (TPSA) is 61.8 Å². The maximum atomic E-state index is 10.9. The first-order chi connectivity index (χ1) is 17.4. The molecule has 1 aliphatic rings. The molecule has 1 heterocycles. The van der Waals surface area contributed by atoms with Crippen LogP contribution in [0, 0.1) is 5.41 Å². The monoisotopic (exact) mass is 546 g/mol. The van der Waals surface area contributed by atoms with Gasteiger partial charge in [-0.1, -0.05) is 51.5 Å². The Morgan fingerprint density at radius 2 is 1.86 bits per heavy atom. The van der Waals surface area contributed by atoms with E-state index in [0.717, 1.165) is 29.0 Å². The Kier molecular flexibility index (Phi) is 11.3. The molecule has 0 atom stereocenters. The number of nitrogens with one attached hydrogen (secondary N) is 1. The lowest BCUT2D eigenvalue weighted by atomic mass is 9.79. The van der Waals surface area contributed by atoms with Crippen molar-refractivity contribution in [2.45, 2.75) is 62.2 Å². The van der Waals surface area contributed by atoms with Crippen LogP contribution in [0.5, 0.6) is 5.75 Å². The summed E-state index contributed by atoms with van der Waals surface area (Å²) >= 11 is 5.12. The van der Waals surface area contributed by atoms with Gasteiger partial charge in [0.15, 0.2) is 0 Å². The van der Waals surface area contributed by atoms with Gasteiger partial charge in [-0.25, -0.2) is 4.79 Å². The summed E-state index contributed by atoms with van der Waals surface area (Å²) in [7, 11) is 0. The summed E-state index contributed by atoms with van der Waals surface area (Å²) in [4.78, 5) is 15.6. The second-order valence-corrected chi connectivity index (χ2v) is 11.6. The van der Waals surface area contributed by atoms with Crippen molar-refractivity contribution in [1.29, 1.82) is 0 Å². The van der Waals surface area contributed by atoms with E-state index in [-0.39, 0.29) is 5.41 Å². The Balaban J connectivity index is 2.08. The maximum absolute atomic E-state index is 10.9. The number of aliphatic carboxylic acids is 1. The van der Waals surface area contributed by atoms with Gasteiger partial charge in [0.25, 0.3) is 0 Å². The molecule has 5 nitrogen and oxygen atoms in total. The van der Waals surface area contributed by atoms with E-state index in [4.69, 9.17) is 9.84 Å². The predicted molar refractivity (Wildman–Crippen MR) is 158 cm³/mol. The highest BCUT2D eigenvalue weighted by atomic mass is 32.2. The van der Waals surface area contributed by atoms with Crippen LogP contribution >= 0.6 is 35.5 Å². The first-order valence-electron chi connectivity index (χ1n) is 12.5. The fourth-order valence-electron chi connectivity index (χ4n) is 4.56. The van der Waals surface area contributed by atoms with E-state index in [1.165, 1.54) is 61.1 Å². The molecule has 2 aromatic rings. The van der Waals surface area contributed by atoms with Crippen LogP contribution in [0.15, 0.2) is 58.5 Å². The fraction of sp³-hybridized carbons (Fsp3) is 0.464. The number of thioether (sulfide) groups is 2. The summed E-state index contributed by atoms with van der Waals surface area (Å²) < 4.78 is 9.11. The normalized spacial score (nSPS) is 14.9. The van der Waals surface area contributed by atoms with Crippen LogP contribution in [0.4, 0.5) is 17.1 Å². The summed E-state index contributed by atoms with van der Waals surface area (Å²) in [5, 5.41) is 8.97. The minimum absolute atomic E-state index is 0.218. The van der Waals surface area contributed by atoms with E-state index in [0.29, 0.717) is 5.75 Å². The van der Waals surface area contributed by atoms with Crippen molar-refractivity contribution in [3.63, 3.8) is 0 Å². The van der Waals surface area contributed by atoms with E-state index in [1.807, 2.05) is 24.3 Å². The number of carboxylic acid groups (broad SMARTS) is 1. The number of unbranched alkanes of at least 4 members (excludes halogenated alkanes) is 2. The van der Waals surface area contributed by atoms with Gasteiger partial charge in [-0.05, 0) is 60.9 Å². The minimum Gasteiger partial charge on any atom is -0.478 e. The van der Waals surface area contributed by atoms with Crippen LogP contribution in [0.1, 0.15) is 52.4 Å². The van der Waals surface area contributed by atoms with Crippen molar-refractivity contribution in [2.75, 3.05) is 34.4 Å². The Morgan fingerprint density at radius 1 is 1.17 bits per heavy atom. The van der Waals surface area contributed by atoms with Gasteiger partial charge in [-0.15, -0.1) is 23.5 Å². The summed E-state index contributed by atoms with van der Waals surface area (Å²) in [6, 6.07) is 13.0. The Labute approximate surface area is 229 Å². The number of rotatable bonds is 13. The first kappa shape index (κ1) is 28.7. The van der Waals surface area contributed by atoms with E-state index >= 15 is 0 Å². The van der Waals surface area contributed by atoms with Crippen LogP contribution in [-0.4, -0.2) is 35.9 Å². The molecule has 2 aromatic carbocycles. The summed E-state index contributed by atoms with van der Waals surface area (Å²) in [6.07, 6.45) is 13.6. The molecule has 3 rings (SSSR count). The van der Waals surface area contributed by atoms with Crippen LogP contribution in [0.3, 0.4) is 0 Å². The van der Waals surface area contributed by atoms with Crippen molar-refractivity contribution in [3.8, 4) is 5.75 Å². The smallest absolute Gasteiger partial charge is 0.331 e. The molecule has 2 N–H and O–H groups in total. The van der Waals surface area contributed by atoms with Gasteiger partial charge in [0.05, 0.1) is 22.9 Å². The van der Waals surface area contributed by atoms with Crippen molar-refractivity contribution >= 4 is 58.5 Å². The van der Waals surface area contributed by atoms with E-state index in [9.17, 15) is 4.79 Å². The minimum atomic E-state index is -1.02. The van der Waals surface area contributed by atoms with Gasteiger partial charge in [0, 0.05) is 34.8 Å². The number of hydrogen-bond donors (Lipinski definition) is 2. The molecular formula is C28H38N2O3S3. The molecule has 8 heteroatoms. The quantitative estimate of drug-likeness (QED) is 0.112. The molecule has 0 aromatic heterocycles. The molecule has 0 amide bonds. The molecule has 0 radical (unpaired) electrons. The zero-order valence-electron chi connectivity index (χ0n) is 21.7. The Hall–Kier alpha value is -1.90. The largest absolute Gasteiger partial charge is 0.478 e. The standard InChI is InChI=1S/C28H38N2O3S3/c1-5-7-14-28(15-8-6-2)19-30(22-11-9-21(10-12-22)29-35-4)23-17-26(34-3)24(18-25(23)36-20-28)33-16-13-27(31)32/h9-13,16-18,29H,5-8,14-15,19-20H2,1-4H3,(H,31,32)/b16-13+. The van der Waals surface area contributed by atoms with Crippen LogP contribution in [-0.2, 0) is 4.79 Å². The third-order valence-electron chi connectivity index (χ3n) is 6.49. The number of carboxylic acids is 1. The zero-order chi connectivity index (χ0) is 26.0. The molecule has 0 saturated carbocycles. The number of carbonyl (C=O) groups is 1. The molecule has 0 spiro atoms. The van der Waals surface area contributed by atoms with Crippen LogP contribution in [0.2, 0.25) is 0 Å². The zero-order valence-corrected chi connectivity index (χ0v) is 24.2. The number of fused-ring (bicyclic) bond motifs is 1. The predicted octanol–water partition coefficient (Wildman–Crippen LogP) is 8.69. The number of ether oxygens (including phenoxy) is 1. The van der Waals surface area contributed by atoms with E-state index in [1.54, 1.807) is 23.7 Å². The second-order valence-electron chi connectivity index (χ2n) is 9.16. The van der Waals surface area contributed by atoms with Crippen molar-refractivity contribution in [2.24, 2.45) is 5.41 Å². The Bertz CT molecular complexity index is 1020. The van der Waals surface area contributed by atoms with Gasteiger partial charge in [0.1, 0.15) is 5.75 Å². The van der Waals surface area contributed by atoms with Crippen molar-refractivity contribution in [3.05, 3.63) is 48.7 Å². The van der Waals surface area contributed by atoms with E-state index in [2.05, 4.69) is 59.9 Å². The molecule has 1 aliphatic heterocycles. The summed E-state index contributed by atoms with van der Waals surface area (Å²) in [6.45, 7) is 5.54. The maximum Gasteiger partial charge on any atom is 0.331 e.